The molecule has 3 aromatic rings. The largest absolute Gasteiger partial charge is 0.342 e. The van der Waals surface area contributed by atoms with Crippen molar-refractivity contribution in [2.45, 2.75) is 5.66 Å². The topological polar surface area (TPSA) is 86.6 Å². The Labute approximate surface area is 173 Å². The number of amides is 1. The number of carbonyl (C=O) groups excluding carboxylic acids is 1. The van der Waals surface area contributed by atoms with Gasteiger partial charge in [0.2, 0.25) is 5.91 Å². The maximum Gasteiger partial charge on any atom is 0.342 e. The normalized spacial score (nSPS) is 13.2. The molecule has 2 aromatic carbocycles. The molecule has 0 fully saturated rings. The van der Waals surface area contributed by atoms with Crippen LogP contribution in [0.4, 0.5) is 0 Å². The summed E-state index contributed by atoms with van der Waals surface area (Å²) in [6.07, 6.45) is 3.01. The zero-order chi connectivity index (χ0) is 19.6. The second-order valence-corrected chi connectivity index (χ2v) is 9.58. The molecule has 1 heterocycles. The minimum Gasteiger partial charge on any atom is -0.332 e. The predicted octanol–water partition coefficient (Wildman–Crippen LogP) is 5.32. The first-order valence-electron chi connectivity index (χ1n) is 7.70. The highest BCUT2D eigenvalue weighted by atomic mass is 79.9. The molecule has 3 N–H and O–H groups in total. The Balaban J connectivity index is 1.91. The molecule has 5 nitrogen and oxygen atoms in total. The molecule has 0 saturated carbocycles. The molecular formula is C18H14BrClNO4PS. The Bertz CT molecular complexity index is 1080. The van der Waals surface area contributed by atoms with Crippen molar-refractivity contribution in [1.82, 2.24) is 5.32 Å². The number of thiophene rings is 1. The average molecular weight is 487 g/mol. The van der Waals surface area contributed by atoms with Crippen molar-refractivity contribution < 1.29 is 19.1 Å². The highest BCUT2D eigenvalue weighted by Crippen LogP contribution is 2.54. The van der Waals surface area contributed by atoms with Crippen molar-refractivity contribution in [2.24, 2.45) is 0 Å². The average Bonchev–Trinajstić information content (AvgIpc) is 2.98. The van der Waals surface area contributed by atoms with E-state index in [9.17, 15) is 19.1 Å². The van der Waals surface area contributed by atoms with E-state index in [0.717, 1.165) is 14.7 Å². The number of halogens is 2. The number of benzene rings is 2. The SMILES string of the molecule is O=C(N/C=C/c1ccccc1Br)C(c1csc2ccc(Cl)cc12)P(=O)(O)O. The van der Waals surface area contributed by atoms with Crippen LogP contribution in [0.15, 0.2) is 58.5 Å². The van der Waals surface area contributed by atoms with Gasteiger partial charge in [-0.2, -0.15) is 0 Å². The molecule has 0 bridgehead atoms. The summed E-state index contributed by atoms with van der Waals surface area (Å²) in [7, 11) is -4.75. The number of nitrogens with one attached hydrogen (secondary N) is 1. The molecule has 1 aromatic heterocycles. The van der Waals surface area contributed by atoms with E-state index in [4.69, 9.17) is 11.6 Å². The molecule has 1 unspecified atom stereocenters. The number of fused-ring (bicyclic) bond motifs is 1. The molecular weight excluding hydrogens is 473 g/mol. The van der Waals surface area contributed by atoms with Crippen molar-refractivity contribution in [2.75, 3.05) is 0 Å². The van der Waals surface area contributed by atoms with E-state index in [1.165, 1.54) is 17.5 Å². The van der Waals surface area contributed by atoms with Crippen LogP contribution in [0.1, 0.15) is 16.8 Å². The fourth-order valence-electron chi connectivity index (χ4n) is 2.61. The van der Waals surface area contributed by atoms with Gasteiger partial charge in [0.05, 0.1) is 0 Å². The molecule has 3 rings (SSSR count). The lowest BCUT2D eigenvalue weighted by molar-refractivity contribution is -0.120. The quantitative estimate of drug-likeness (QED) is 0.426. The Kier molecular flexibility index (Phi) is 6.21. The van der Waals surface area contributed by atoms with Gasteiger partial charge in [-0.15, -0.1) is 11.3 Å². The zero-order valence-corrected chi connectivity index (χ0v) is 17.7. The van der Waals surface area contributed by atoms with Crippen LogP contribution in [0.2, 0.25) is 5.02 Å². The Morgan fingerprint density at radius 2 is 2.00 bits per heavy atom. The monoisotopic (exact) mass is 485 g/mol. The molecule has 0 saturated heterocycles. The van der Waals surface area contributed by atoms with Crippen LogP contribution < -0.4 is 5.32 Å². The summed E-state index contributed by atoms with van der Waals surface area (Å²) in [4.78, 5) is 32.2. The van der Waals surface area contributed by atoms with Crippen LogP contribution in [0.5, 0.6) is 0 Å². The minimum atomic E-state index is -4.75. The van der Waals surface area contributed by atoms with Gasteiger partial charge >= 0.3 is 7.60 Å². The molecule has 0 aliphatic carbocycles. The van der Waals surface area contributed by atoms with Gasteiger partial charge in [-0.05, 0) is 52.2 Å². The maximum absolute atomic E-state index is 12.6. The van der Waals surface area contributed by atoms with Crippen molar-refractivity contribution in [1.29, 1.82) is 0 Å². The molecule has 27 heavy (non-hydrogen) atoms. The van der Waals surface area contributed by atoms with E-state index in [2.05, 4.69) is 21.2 Å². The summed E-state index contributed by atoms with van der Waals surface area (Å²) in [6, 6.07) is 12.4. The Hall–Kier alpha value is -1.47. The summed E-state index contributed by atoms with van der Waals surface area (Å²) in [6.45, 7) is 0. The van der Waals surface area contributed by atoms with Crippen molar-refractivity contribution in [3.63, 3.8) is 0 Å². The fourth-order valence-corrected chi connectivity index (χ4v) is 5.22. The third kappa shape index (κ3) is 4.69. The highest BCUT2D eigenvalue weighted by molar-refractivity contribution is 9.10. The summed E-state index contributed by atoms with van der Waals surface area (Å²) in [5, 5.41) is 5.05. The number of carbonyl (C=O) groups is 1. The van der Waals surface area contributed by atoms with E-state index in [0.29, 0.717) is 10.4 Å². The van der Waals surface area contributed by atoms with Gasteiger partial charge in [-0.1, -0.05) is 45.7 Å². The summed E-state index contributed by atoms with van der Waals surface area (Å²) < 4.78 is 13.7. The van der Waals surface area contributed by atoms with Gasteiger partial charge in [0.15, 0.2) is 5.66 Å². The Morgan fingerprint density at radius 1 is 1.26 bits per heavy atom. The summed E-state index contributed by atoms with van der Waals surface area (Å²) in [5.41, 5.74) is -0.537. The van der Waals surface area contributed by atoms with Crippen LogP contribution in [0.25, 0.3) is 16.2 Å². The van der Waals surface area contributed by atoms with Crippen molar-refractivity contribution >= 4 is 68.5 Å². The van der Waals surface area contributed by atoms with Crippen molar-refractivity contribution in [3.05, 3.63) is 74.7 Å². The predicted molar refractivity (Wildman–Crippen MR) is 113 cm³/mol. The van der Waals surface area contributed by atoms with Gasteiger partial charge in [0, 0.05) is 20.4 Å². The summed E-state index contributed by atoms with van der Waals surface area (Å²) in [5.74, 6) is -0.786. The van der Waals surface area contributed by atoms with Gasteiger partial charge in [0.25, 0.3) is 0 Å². The van der Waals surface area contributed by atoms with Gasteiger partial charge < -0.3 is 15.1 Å². The molecule has 1 amide bonds. The van der Waals surface area contributed by atoms with Crippen LogP contribution in [-0.4, -0.2) is 15.7 Å². The molecule has 0 aliphatic heterocycles. The smallest absolute Gasteiger partial charge is 0.332 e. The lowest BCUT2D eigenvalue weighted by atomic mass is 10.1. The summed E-state index contributed by atoms with van der Waals surface area (Å²) >= 11 is 10.7. The van der Waals surface area contributed by atoms with E-state index in [1.807, 2.05) is 24.3 Å². The van der Waals surface area contributed by atoms with Crippen LogP contribution >= 0.6 is 46.5 Å². The lowest BCUT2D eigenvalue weighted by Gasteiger charge is -2.17. The molecule has 140 valence electrons. The van der Waals surface area contributed by atoms with Gasteiger partial charge in [-0.25, -0.2) is 0 Å². The third-order valence-electron chi connectivity index (χ3n) is 3.84. The molecule has 0 aliphatic rings. The van der Waals surface area contributed by atoms with Gasteiger partial charge in [0.1, 0.15) is 0 Å². The second-order valence-electron chi connectivity index (χ2n) is 5.69. The Morgan fingerprint density at radius 3 is 2.70 bits per heavy atom. The maximum atomic E-state index is 12.6. The molecule has 0 spiro atoms. The second kappa shape index (κ2) is 8.27. The van der Waals surface area contributed by atoms with E-state index < -0.39 is 19.2 Å². The van der Waals surface area contributed by atoms with Crippen LogP contribution in [0.3, 0.4) is 0 Å². The number of hydrogen-bond donors (Lipinski definition) is 3. The highest BCUT2D eigenvalue weighted by Gasteiger charge is 2.38. The van der Waals surface area contributed by atoms with E-state index >= 15 is 0 Å². The third-order valence-corrected chi connectivity index (χ3v) is 6.96. The van der Waals surface area contributed by atoms with E-state index in [1.54, 1.807) is 29.7 Å². The minimum absolute atomic E-state index is 0.262. The molecule has 0 radical (unpaired) electrons. The van der Waals surface area contributed by atoms with Crippen LogP contribution in [0, 0.1) is 0 Å². The zero-order valence-electron chi connectivity index (χ0n) is 13.7. The molecule has 1 atom stereocenters. The first-order chi connectivity index (χ1) is 12.8. The fraction of sp³-hybridized carbons (Fsp3) is 0.0556. The van der Waals surface area contributed by atoms with Gasteiger partial charge in [-0.3, -0.25) is 9.36 Å². The number of rotatable bonds is 5. The van der Waals surface area contributed by atoms with Crippen molar-refractivity contribution in [3.8, 4) is 0 Å². The van der Waals surface area contributed by atoms with Crippen LogP contribution in [-0.2, 0) is 9.36 Å². The molecule has 9 heteroatoms. The first-order valence-corrected chi connectivity index (χ1v) is 11.4. The first kappa shape index (κ1) is 20.3. The lowest BCUT2D eigenvalue weighted by Crippen LogP contribution is -2.25. The van der Waals surface area contributed by atoms with E-state index in [-0.39, 0.29) is 5.56 Å². The standard InChI is InChI=1S/C18H14BrClNO4PS/c19-15-4-2-1-3-11(15)7-8-21-18(22)17(26(23,24)25)14-10-27-16-6-5-12(20)9-13(14)16/h1-10,17H,(H,21,22)(H2,23,24,25)/b8-7+. The number of hydrogen-bond acceptors (Lipinski definition) is 3.